The summed E-state index contributed by atoms with van der Waals surface area (Å²) in [5.74, 6) is 1.15. The van der Waals surface area contributed by atoms with Crippen LogP contribution in [-0.2, 0) is 11.3 Å². The number of rotatable bonds is 5. The number of hydrogen-bond acceptors (Lipinski definition) is 6. The lowest BCUT2D eigenvalue weighted by molar-refractivity contribution is -0.127. The second kappa shape index (κ2) is 9.09. The quantitative estimate of drug-likeness (QED) is 0.539. The molecule has 1 amide bonds. The van der Waals surface area contributed by atoms with E-state index in [1.807, 2.05) is 22.4 Å². The number of halogens is 2. The molecular weight excluding hydrogens is 431 g/mol. The number of thiophene rings is 1. The lowest BCUT2D eigenvalue weighted by Crippen LogP contribution is -2.47. The molecule has 0 spiro atoms. The maximum atomic E-state index is 12.5. The number of nitrogens with zero attached hydrogens (tertiary/aromatic N) is 4. The van der Waals surface area contributed by atoms with Crippen molar-refractivity contribution in [1.29, 1.82) is 0 Å². The highest BCUT2D eigenvalue weighted by Gasteiger charge is 2.21. The van der Waals surface area contributed by atoms with Crippen molar-refractivity contribution in [1.82, 2.24) is 19.9 Å². The van der Waals surface area contributed by atoms with Gasteiger partial charge in [-0.2, -0.15) is 4.98 Å². The van der Waals surface area contributed by atoms with E-state index in [0.29, 0.717) is 47.0 Å². The van der Waals surface area contributed by atoms with E-state index < -0.39 is 0 Å². The van der Waals surface area contributed by atoms with E-state index in [1.54, 1.807) is 35.6 Å². The van der Waals surface area contributed by atoms with Crippen molar-refractivity contribution < 1.29 is 9.32 Å². The Balaban J connectivity index is 1.30. The smallest absolute Gasteiger partial charge is 0.268 e. The molecule has 0 atom stereocenters. The average Bonchev–Trinajstić information content (AvgIpc) is 3.40. The van der Waals surface area contributed by atoms with Gasteiger partial charge in [0, 0.05) is 47.9 Å². The number of carbonyl (C=O) groups is 1. The molecular formula is C20H18Cl2N4O2S. The second-order valence-corrected chi connectivity index (χ2v) is 8.33. The van der Waals surface area contributed by atoms with Gasteiger partial charge in [0.05, 0.1) is 11.4 Å². The number of amides is 1. The van der Waals surface area contributed by atoms with Gasteiger partial charge in [-0.25, -0.2) is 0 Å². The summed E-state index contributed by atoms with van der Waals surface area (Å²) in [4.78, 5) is 21.9. The number of carbonyl (C=O) groups excluding carboxylic acids is 1. The van der Waals surface area contributed by atoms with Crippen molar-refractivity contribution in [2.24, 2.45) is 0 Å². The summed E-state index contributed by atoms with van der Waals surface area (Å²) < 4.78 is 5.33. The van der Waals surface area contributed by atoms with Crippen molar-refractivity contribution in [2.45, 2.75) is 6.54 Å². The monoisotopic (exact) mass is 448 g/mol. The normalized spacial score (nSPS) is 15.3. The Morgan fingerprint density at radius 3 is 2.59 bits per heavy atom. The van der Waals surface area contributed by atoms with E-state index in [9.17, 15) is 4.79 Å². The summed E-state index contributed by atoms with van der Waals surface area (Å²) in [6.45, 7) is 3.36. The molecule has 6 nitrogen and oxygen atoms in total. The molecule has 0 aliphatic carbocycles. The third kappa shape index (κ3) is 4.87. The zero-order valence-electron chi connectivity index (χ0n) is 15.4. The molecule has 3 aromatic rings. The van der Waals surface area contributed by atoms with E-state index in [0.717, 1.165) is 18.0 Å². The highest BCUT2D eigenvalue weighted by atomic mass is 35.5. The summed E-state index contributed by atoms with van der Waals surface area (Å²) in [5, 5.41) is 7.08. The predicted molar refractivity (Wildman–Crippen MR) is 115 cm³/mol. The molecule has 150 valence electrons. The summed E-state index contributed by atoms with van der Waals surface area (Å²) in [6.07, 6.45) is 3.19. The second-order valence-electron chi connectivity index (χ2n) is 6.56. The SMILES string of the molecule is O=C(C=Cc1c(Cl)cccc1Cl)N1CCN(Cc2noc(-c3cccs3)n2)CC1. The fourth-order valence-electron chi connectivity index (χ4n) is 3.07. The molecule has 3 heterocycles. The molecule has 2 aromatic heterocycles. The minimum absolute atomic E-state index is 0.0554. The van der Waals surface area contributed by atoms with Crippen molar-refractivity contribution in [3.63, 3.8) is 0 Å². The Hall–Kier alpha value is -2.19. The Morgan fingerprint density at radius 1 is 1.14 bits per heavy atom. The van der Waals surface area contributed by atoms with Crippen LogP contribution in [0.3, 0.4) is 0 Å². The molecule has 1 aliphatic heterocycles. The van der Waals surface area contributed by atoms with Crippen molar-refractivity contribution in [3.8, 4) is 10.8 Å². The summed E-state index contributed by atoms with van der Waals surface area (Å²) in [5.41, 5.74) is 0.654. The van der Waals surface area contributed by atoms with Crippen LogP contribution >= 0.6 is 34.5 Å². The molecule has 0 saturated carbocycles. The Labute approximate surface area is 182 Å². The van der Waals surface area contributed by atoms with Crippen LogP contribution in [0.25, 0.3) is 16.8 Å². The Bertz CT molecular complexity index is 991. The molecule has 0 N–H and O–H groups in total. The largest absolute Gasteiger partial charge is 0.337 e. The Morgan fingerprint density at radius 2 is 1.90 bits per heavy atom. The first kappa shape index (κ1) is 20.1. The van der Waals surface area contributed by atoms with Gasteiger partial charge in [-0.05, 0) is 29.7 Å². The first-order valence-corrected chi connectivity index (χ1v) is 10.7. The topological polar surface area (TPSA) is 62.5 Å². The van der Waals surface area contributed by atoms with Gasteiger partial charge >= 0.3 is 0 Å². The average molecular weight is 449 g/mol. The predicted octanol–water partition coefficient (Wildman–Crippen LogP) is 4.46. The van der Waals surface area contributed by atoms with Gasteiger partial charge in [-0.3, -0.25) is 9.69 Å². The van der Waals surface area contributed by atoms with Crippen LogP contribution in [0.4, 0.5) is 0 Å². The molecule has 1 aliphatic rings. The molecule has 1 aromatic carbocycles. The van der Waals surface area contributed by atoms with Crippen LogP contribution in [0.1, 0.15) is 11.4 Å². The van der Waals surface area contributed by atoms with Gasteiger partial charge in [-0.15, -0.1) is 11.3 Å². The van der Waals surface area contributed by atoms with Crippen LogP contribution in [0.5, 0.6) is 0 Å². The van der Waals surface area contributed by atoms with E-state index >= 15 is 0 Å². The first-order valence-electron chi connectivity index (χ1n) is 9.10. The maximum absolute atomic E-state index is 12.5. The first-order chi connectivity index (χ1) is 14.1. The third-order valence-electron chi connectivity index (χ3n) is 4.64. The van der Waals surface area contributed by atoms with Gasteiger partial charge in [0.1, 0.15) is 0 Å². The highest BCUT2D eigenvalue weighted by molar-refractivity contribution is 7.13. The van der Waals surface area contributed by atoms with Gasteiger partial charge in [0.25, 0.3) is 5.89 Å². The lowest BCUT2D eigenvalue weighted by Gasteiger charge is -2.33. The molecule has 0 unspecified atom stereocenters. The van der Waals surface area contributed by atoms with E-state index in [2.05, 4.69) is 15.0 Å². The molecule has 29 heavy (non-hydrogen) atoms. The maximum Gasteiger partial charge on any atom is 0.268 e. The van der Waals surface area contributed by atoms with Crippen molar-refractivity contribution in [2.75, 3.05) is 26.2 Å². The third-order valence-corrected chi connectivity index (χ3v) is 6.16. The molecule has 9 heteroatoms. The molecule has 1 saturated heterocycles. The van der Waals surface area contributed by atoms with Crippen LogP contribution in [0.15, 0.2) is 46.3 Å². The molecule has 1 fully saturated rings. The number of benzene rings is 1. The summed E-state index contributed by atoms with van der Waals surface area (Å²) >= 11 is 13.9. The van der Waals surface area contributed by atoms with Crippen LogP contribution < -0.4 is 0 Å². The van der Waals surface area contributed by atoms with E-state index in [-0.39, 0.29) is 5.91 Å². The summed E-state index contributed by atoms with van der Waals surface area (Å²) in [6, 6.07) is 9.18. The zero-order chi connectivity index (χ0) is 20.2. The van der Waals surface area contributed by atoms with Gasteiger partial charge in [0.15, 0.2) is 5.82 Å². The highest BCUT2D eigenvalue weighted by Crippen LogP contribution is 2.26. The summed E-state index contributed by atoms with van der Waals surface area (Å²) in [7, 11) is 0. The zero-order valence-corrected chi connectivity index (χ0v) is 17.8. The van der Waals surface area contributed by atoms with Crippen LogP contribution in [0, 0.1) is 0 Å². The fourth-order valence-corrected chi connectivity index (χ4v) is 4.24. The van der Waals surface area contributed by atoms with Crippen molar-refractivity contribution in [3.05, 3.63) is 63.2 Å². The number of hydrogen-bond donors (Lipinski definition) is 0. The molecule has 4 rings (SSSR count). The molecule has 0 bridgehead atoms. The standard InChI is InChI=1S/C20H18Cl2N4O2S/c21-15-3-1-4-16(22)14(15)6-7-19(27)26-10-8-25(9-11-26)13-18-23-20(28-24-18)17-5-2-12-29-17/h1-7,12H,8-11,13H2. The number of aromatic nitrogens is 2. The fraction of sp³-hybridized carbons (Fsp3) is 0.250. The van der Waals surface area contributed by atoms with Gasteiger partial charge in [-0.1, -0.05) is 40.5 Å². The van der Waals surface area contributed by atoms with Gasteiger partial charge < -0.3 is 9.42 Å². The lowest BCUT2D eigenvalue weighted by atomic mass is 10.2. The minimum atomic E-state index is -0.0554. The number of piperazine rings is 1. The van der Waals surface area contributed by atoms with E-state index in [1.165, 1.54) is 6.08 Å². The van der Waals surface area contributed by atoms with Crippen LogP contribution in [0.2, 0.25) is 10.0 Å². The van der Waals surface area contributed by atoms with Gasteiger partial charge in [0.2, 0.25) is 5.91 Å². The Kier molecular flexibility index (Phi) is 6.30. The van der Waals surface area contributed by atoms with E-state index in [4.69, 9.17) is 27.7 Å². The minimum Gasteiger partial charge on any atom is -0.337 e. The molecule has 0 radical (unpaired) electrons. The van der Waals surface area contributed by atoms with Crippen LogP contribution in [-0.4, -0.2) is 52.0 Å². The van der Waals surface area contributed by atoms with Crippen molar-refractivity contribution >= 4 is 46.5 Å².